The van der Waals surface area contributed by atoms with Gasteiger partial charge in [-0.25, -0.2) is 4.98 Å². The molecule has 4 nitrogen and oxygen atoms in total. The molecule has 1 heterocycles. The fourth-order valence-corrected chi connectivity index (χ4v) is 1.39. The lowest BCUT2D eigenvalue weighted by Crippen LogP contribution is -2.26. The second-order valence-corrected chi connectivity index (χ2v) is 6.35. The zero-order valence-electron chi connectivity index (χ0n) is 9.81. The first kappa shape index (κ1) is 12.3. The second-order valence-electron chi connectivity index (χ2n) is 4.41. The third-order valence-corrected chi connectivity index (χ3v) is 3.39. The Morgan fingerprint density at radius 1 is 1.53 bits per heavy atom. The van der Waals surface area contributed by atoms with Crippen LogP contribution in [-0.2, 0) is 18.4 Å². The SMILES string of the molecule is Cc1cnc(C=N[S+]([O-])C(C)(C)C)n1C. The minimum Gasteiger partial charge on any atom is -0.591 e. The zero-order chi connectivity index (χ0) is 11.6. The third-order valence-electron chi connectivity index (χ3n) is 2.04. The minimum absolute atomic E-state index is 0.323. The monoisotopic (exact) mass is 227 g/mol. The molecule has 1 aromatic heterocycles. The molecule has 0 amide bonds. The summed E-state index contributed by atoms with van der Waals surface area (Å²) in [7, 11) is 1.91. The molecule has 0 N–H and O–H groups in total. The lowest BCUT2D eigenvalue weighted by Gasteiger charge is -2.17. The predicted molar refractivity (Wildman–Crippen MR) is 63.4 cm³/mol. The Bertz CT molecular complexity index is 365. The van der Waals surface area contributed by atoms with Crippen LogP contribution >= 0.6 is 0 Å². The van der Waals surface area contributed by atoms with E-state index < -0.39 is 11.4 Å². The standard InChI is InChI=1S/C10H17N3OS/c1-8-6-11-9(13(8)5)7-12-15(14)10(2,3)4/h6-7H,1-5H3. The van der Waals surface area contributed by atoms with E-state index in [0.717, 1.165) is 11.5 Å². The van der Waals surface area contributed by atoms with Crippen molar-refractivity contribution in [3.05, 3.63) is 17.7 Å². The number of hydrogen-bond donors (Lipinski definition) is 0. The van der Waals surface area contributed by atoms with E-state index in [-0.39, 0.29) is 4.75 Å². The van der Waals surface area contributed by atoms with Gasteiger partial charge in [0.2, 0.25) is 0 Å². The summed E-state index contributed by atoms with van der Waals surface area (Å²) < 4.78 is 17.2. The summed E-state index contributed by atoms with van der Waals surface area (Å²) in [6.07, 6.45) is 3.33. The molecular weight excluding hydrogens is 210 g/mol. The Labute approximate surface area is 93.7 Å². The normalized spacial score (nSPS) is 14.8. The van der Waals surface area contributed by atoms with Gasteiger partial charge >= 0.3 is 0 Å². The van der Waals surface area contributed by atoms with E-state index >= 15 is 0 Å². The van der Waals surface area contributed by atoms with Gasteiger partial charge in [-0.1, -0.05) is 4.40 Å². The highest BCUT2D eigenvalue weighted by Gasteiger charge is 2.25. The molecule has 0 bridgehead atoms. The average molecular weight is 227 g/mol. The number of rotatable bonds is 2. The van der Waals surface area contributed by atoms with Crippen molar-refractivity contribution in [2.24, 2.45) is 11.4 Å². The van der Waals surface area contributed by atoms with E-state index in [0.29, 0.717) is 0 Å². The van der Waals surface area contributed by atoms with E-state index in [1.54, 1.807) is 12.4 Å². The Hall–Kier alpha value is -0.810. The van der Waals surface area contributed by atoms with Crippen molar-refractivity contribution in [2.45, 2.75) is 32.4 Å². The summed E-state index contributed by atoms with van der Waals surface area (Å²) in [4.78, 5) is 4.15. The fourth-order valence-electron chi connectivity index (χ4n) is 0.887. The molecule has 0 aromatic carbocycles. The molecule has 0 aliphatic rings. The summed E-state index contributed by atoms with van der Waals surface area (Å²) >= 11 is -1.22. The van der Waals surface area contributed by atoms with Crippen LogP contribution in [0.15, 0.2) is 10.6 Å². The van der Waals surface area contributed by atoms with Crippen LogP contribution < -0.4 is 0 Å². The highest BCUT2D eigenvalue weighted by Crippen LogP contribution is 2.16. The maximum Gasteiger partial charge on any atom is 0.155 e. The van der Waals surface area contributed by atoms with Crippen LogP contribution in [0.4, 0.5) is 0 Å². The van der Waals surface area contributed by atoms with Crippen LogP contribution in [-0.4, -0.2) is 25.1 Å². The van der Waals surface area contributed by atoms with Crippen LogP contribution in [0.3, 0.4) is 0 Å². The van der Waals surface area contributed by atoms with Crippen LogP contribution in [0.5, 0.6) is 0 Å². The number of hydrogen-bond acceptors (Lipinski definition) is 3. The molecular formula is C10H17N3OS. The van der Waals surface area contributed by atoms with E-state index in [1.807, 2.05) is 39.3 Å². The molecule has 0 spiro atoms. The molecule has 5 heteroatoms. The Morgan fingerprint density at radius 2 is 2.13 bits per heavy atom. The highest BCUT2D eigenvalue weighted by molar-refractivity contribution is 7.91. The number of aromatic nitrogens is 2. The summed E-state index contributed by atoms with van der Waals surface area (Å²) in [6, 6.07) is 0. The van der Waals surface area contributed by atoms with Gasteiger partial charge in [-0.3, -0.25) is 0 Å². The topological polar surface area (TPSA) is 53.2 Å². The Balaban J connectivity index is 2.78. The highest BCUT2D eigenvalue weighted by atomic mass is 32.2. The molecule has 1 unspecified atom stereocenters. The lowest BCUT2D eigenvalue weighted by molar-refractivity contribution is 0.561. The van der Waals surface area contributed by atoms with Crippen molar-refractivity contribution in [1.82, 2.24) is 9.55 Å². The van der Waals surface area contributed by atoms with Crippen LogP contribution in [0.25, 0.3) is 0 Å². The van der Waals surface area contributed by atoms with Gasteiger partial charge in [-0.05, 0) is 27.7 Å². The molecule has 0 saturated heterocycles. The Morgan fingerprint density at radius 3 is 2.53 bits per heavy atom. The smallest absolute Gasteiger partial charge is 0.155 e. The van der Waals surface area contributed by atoms with Gasteiger partial charge in [0.25, 0.3) is 0 Å². The van der Waals surface area contributed by atoms with Gasteiger partial charge in [0.1, 0.15) is 22.3 Å². The van der Waals surface area contributed by atoms with Gasteiger partial charge < -0.3 is 9.12 Å². The quantitative estimate of drug-likeness (QED) is 0.569. The lowest BCUT2D eigenvalue weighted by atomic mass is 10.3. The van der Waals surface area contributed by atoms with Crippen molar-refractivity contribution < 1.29 is 4.55 Å². The molecule has 0 radical (unpaired) electrons. The van der Waals surface area contributed by atoms with E-state index in [4.69, 9.17) is 0 Å². The van der Waals surface area contributed by atoms with Crippen molar-refractivity contribution in [2.75, 3.05) is 0 Å². The largest absolute Gasteiger partial charge is 0.591 e. The summed E-state index contributed by atoms with van der Waals surface area (Å²) in [5, 5.41) is 0. The van der Waals surface area contributed by atoms with E-state index in [9.17, 15) is 4.55 Å². The molecule has 1 atom stereocenters. The summed E-state index contributed by atoms with van der Waals surface area (Å²) in [6.45, 7) is 7.64. The van der Waals surface area contributed by atoms with Crippen LogP contribution in [0, 0.1) is 6.92 Å². The average Bonchev–Trinajstić information content (AvgIpc) is 2.43. The first-order valence-corrected chi connectivity index (χ1v) is 5.87. The molecule has 1 rings (SSSR count). The van der Waals surface area contributed by atoms with Gasteiger partial charge in [-0.2, -0.15) is 0 Å². The first-order chi connectivity index (χ1) is 6.82. The van der Waals surface area contributed by atoms with Crippen LogP contribution in [0.1, 0.15) is 32.3 Å². The number of aryl methyl sites for hydroxylation is 1. The minimum atomic E-state index is -1.22. The van der Waals surface area contributed by atoms with Crippen molar-refractivity contribution in [1.29, 1.82) is 0 Å². The Kier molecular flexibility index (Phi) is 3.57. The molecule has 0 aliphatic carbocycles. The van der Waals surface area contributed by atoms with E-state index in [1.165, 1.54) is 0 Å². The number of nitrogens with zero attached hydrogens (tertiary/aromatic N) is 3. The summed E-state index contributed by atoms with van der Waals surface area (Å²) in [5.74, 6) is 0.727. The maximum atomic E-state index is 11.6. The second kappa shape index (κ2) is 4.37. The number of imidazole rings is 1. The predicted octanol–water partition coefficient (Wildman–Crippen LogP) is 1.61. The van der Waals surface area contributed by atoms with Gasteiger partial charge in [0, 0.05) is 18.9 Å². The van der Waals surface area contributed by atoms with Crippen molar-refractivity contribution >= 4 is 17.6 Å². The maximum absolute atomic E-state index is 11.6. The van der Waals surface area contributed by atoms with Crippen molar-refractivity contribution in [3.63, 3.8) is 0 Å². The summed E-state index contributed by atoms with van der Waals surface area (Å²) in [5.41, 5.74) is 1.05. The first-order valence-electron chi connectivity index (χ1n) is 4.77. The van der Waals surface area contributed by atoms with Gasteiger partial charge in [-0.15, -0.1) is 0 Å². The van der Waals surface area contributed by atoms with Crippen molar-refractivity contribution in [3.8, 4) is 0 Å². The van der Waals surface area contributed by atoms with E-state index in [2.05, 4.69) is 9.38 Å². The van der Waals surface area contributed by atoms with Crippen LogP contribution in [0.2, 0.25) is 0 Å². The van der Waals surface area contributed by atoms with Gasteiger partial charge in [0.15, 0.2) is 5.82 Å². The molecule has 0 fully saturated rings. The molecule has 15 heavy (non-hydrogen) atoms. The molecule has 0 aliphatic heterocycles. The molecule has 0 saturated carbocycles. The zero-order valence-corrected chi connectivity index (χ0v) is 10.6. The molecule has 84 valence electrons. The molecule has 1 aromatic rings. The van der Waals surface area contributed by atoms with Gasteiger partial charge in [0.05, 0.1) is 0 Å². The third kappa shape index (κ3) is 3.07. The fraction of sp³-hybridized carbons (Fsp3) is 0.600.